The predicted octanol–water partition coefficient (Wildman–Crippen LogP) is 2.73. The predicted molar refractivity (Wildman–Crippen MR) is 116 cm³/mol. The van der Waals surface area contributed by atoms with E-state index in [-0.39, 0.29) is 17.7 Å². The molecule has 2 aliphatic rings. The molecule has 7 heteroatoms. The van der Waals surface area contributed by atoms with Crippen LogP contribution in [-0.2, 0) is 17.6 Å². The largest absolute Gasteiger partial charge is 0.369 e. The minimum absolute atomic E-state index is 0.0280. The van der Waals surface area contributed by atoms with Crippen molar-refractivity contribution in [2.24, 2.45) is 11.7 Å². The van der Waals surface area contributed by atoms with Gasteiger partial charge in [-0.1, -0.05) is 0 Å². The van der Waals surface area contributed by atoms with Crippen LogP contribution in [0.3, 0.4) is 0 Å². The van der Waals surface area contributed by atoms with E-state index in [9.17, 15) is 9.59 Å². The number of piperidine rings is 1. The summed E-state index contributed by atoms with van der Waals surface area (Å²) in [4.78, 5) is 28.2. The van der Waals surface area contributed by atoms with Gasteiger partial charge in [0, 0.05) is 30.4 Å². The Labute approximate surface area is 176 Å². The van der Waals surface area contributed by atoms with E-state index in [0.29, 0.717) is 6.54 Å². The lowest BCUT2D eigenvalue weighted by molar-refractivity contribution is -0.123. The molecule has 1 aliphatic carbocycles. The topological polar surface area (TPSA) is 80.4 Å². The van der Waals surface area contributed by atoms with Crippen molar-refractivity contribution < 1.29 is 9.59 Å². The van der Waals surface area contributed by atoms with Gasteiger partial charge in [-0.05, 0) is 75.7 Å². The van der Waals surface area contributed by atoms with Crippen molar-refractivity contribution in [2.75, 3.05) is 26.2 Å². The first-order valence-corrected chi connectivity index (χ1v) is 11.5. The van der Waals surface area contributed by atoms with Crippen molar-refractivity contribution in [1.29, 1.82) is 0 Å². The quantitative estimate of drug-likeness (QED) is 0.684. The second-order valence-corrected chi connectivity index (χ2v) is 9.22. The number of hydrogen-bond acceptors (Lipinski definition) is 4. The van der Waals surface area contributed by atoms with Crippen molar-refractivity contribution in [3.63, 3.8) is 0 Å². The SMILES string of the molecule is NC(=O)C1CCCN(CCCNC(=O)c2c(-n3cccc3)sc3c2CCCC3)C1. The number of aromatic nitrogens is 1. The van der Waals surface area contributed by atoms with Gasteiger partial charge in [0.25, 0.3) is 5.91 Å². The maximum atomic E-state index is 13.1. The average molecular weight is 415 g/mol. The molecule has 3 N–H and O–H groups in total. The van der Waals surface area contributed by atoms with Crippen LogP contribution in [0.25, 0.3) is 5.00 Å². The molecule has 2 amide bonds. The lowest BCUT2D eigenvalue weighted by Crippen LogP contribution is -2.42. The van der Waals surface area contributed by atoms with E-state index in [4.69, 9.17) is 5.73 Å². The molecule has 0 spiro atoms. The lowest BCUT2D eigenvalue weighted by Gasteiger charge is -2.31. The van der Waals surface area contributed by atoms with E-state index in [1.54, 1.807) is 11.3 Å². The number of thiophene rings is 1. The van der Waals surface area contributed by atoms with E-state index in [1.165, 1.54) is 16.9 Å². The van der Waals surface area contributed by atoms with Gasteiger partial charge in [0.1, 0.15) is 5.00 Å². The zero-order chi connectivity index (χ0) is 20.2. The van der Waals surface area contributed by atoms with Crippen molar-refractivity contribution in [1.82, 2.24) is 14.8 Å². The van der Waals surface area contributed by atoms with Crippen LogP contribution < -0.4 is 11.1 Å². The first-order valence-electron chi connectivity index (χ1n) is 10.7. The molecule has 1 fully saturated rings. The fourth-order valence-corrected chi connectivity index (χ4v) is 5.87. The Balaban J connectivity index is 1.36. The van der Waals surface area contributed by atoms with Gasteiger partial charge in [-0.25, -0.2) is 0 Å². The zero-order valence-electron chi connectivity index (χ0n) is 16.9. The van der Waals surface area contributed by atoms with Crippen LogP contribution >= 0.6 is 11.3 Å². The Morgan fingerprint density at radius 1 is 1.17 bits per heavy atom. The van der Waals surface area contributed by atoms with Crippen LogP contribution in [0.5, 0.6) is 0 Å². The molecule has 0 bridgehead atoms. The smallest absolute Gasteiger partial charge is 0.254 e. The maximum absolute atomic E-state index is 13.1. The molecule has 0 saturated carbocycles. The molecule has 2 aromatic heterocycles. The number of rotatable bonds is 7. The molecule has 0 radical (unpaired) electrons. The first-order chi connectivity index (χ1) is 14.1. The molecular weight excluding hydrogens is 384 g/mol. The molecule has 156 valence electrons. The molecule has 1 atom stereocenters. The Kier molecular flexibility index (Phi) is 6.35. The summed E-state index contributed by atoms with van der Waals surface area (Å²) < 4.78 is 2.07. The number of amides is 2. The van der Waals surface area contributed by atoms with Gasteiger partial charge in [-0.15, -0.1) is 11.3 Å². The van der Waals surface area contributed by atoms with Crippen molar-refractivity contribution in [2.45, 2.75) is 44.9 Å². The third kappa shape index (κ3) is 4.56. The number of nitrogens with one attached hydrogen (secondary N) is 1. The van der Waals surface area contributed by atoms with Crippen LogP contribution in [0, 0.1) is 5.92 Å². The number of hydrogen-bond donors (Lipinski definition) is 2. The van der Waals surface area contributed by atoms with Crippen LogP contribution in [0.1, 0.15) is 52.9 Å². The summed E-state index contributed by atoms with van der Waals surface area (Å²) in [6.45, 7) is 3.29. The van der Waals surface area contributed by atoms with Gasteiger partial charge in [0.05, 0.1) is 11.5 Å². The summed E-state index contributed by atoms with van der Waals surface area (Å²) in [5.41, 5.74) is 7.59. The molecule has 2 aromatic rings. The van der Waals surface area contributed by atoms with Gasteiger partial charge in [0.15, 0.2) is 0 Å². The number of likely N-dealkylation sites (tertiary alicyclic amines) is 1. The summed E-state index contributed by atoms with van der Waals surface area (Å²) in [6.07, 6.45) is 11.3. The molecule has 1 unspecified atom stereocenters. The highest BCUT2D eigenvalue weighted by molar-refractivity contribution is 7.15. The van der Waals surface area contributed by atoms with E-state index in [1.807, 2.05) is 24.5 Å². The van der Waals surface area contributed by atoms with E-state index < -0.39 is 0 Å². The molecule has 29 heavy (non-hydrogen) atoms. The van der Waals surface area contributed by atoms with E-state index in [2.05, 4.69) is 14.8 Å². The summed E-state index contributed by atoms with van der Waals surface area (Å²) >= 11 is 1.76. The third-order valence-electron chi connectivity index (χ3n) is 6.06. The highest BCUT2D eigenvalue weighted by Crippen LogP contribution is 2.36. The number of primary amides is 1. The number of carbonyl (C=O) groups is 2. The summed E-state index contributed by atoms with van der Waals surface area (Å²) in [5.74, 6) is -0.177. The maximum Gasteiger partial charge on any atom is 0.254 e. The minimum atomic E-state index is -0.192. The molecular formula is C22H30N4O2S. The Bertz CT molecular complexity index is 859. The van der Waals surface area contributed by atoms with Gasteiger partial charge < -0.3 is 20.5 Å². The van der Waals surface area contributed by atoms with Gasteiger partial charge in [-0.2, -0.15) is 0 Å². The average Bonchev–Trinajstić information content (AvgIpc) is 3.38. The summed E-state index contributed by atoms with van der Waals surface area (Å²) in [6, 6.07) is 4.00. The van der Waals surface area contributed by atoms with Gasteiger partial charge in [0.2, 0.25) is 5.91 Å². The fourth-order valence-electron chi connectivity index (χ4n) is 4.52. The normalized spacial score (nSPS) is 19.7. The summed E-state index contributed by atoms with van der Waals surface area (Å²) in [7, 11) is 0. The van der Waals surface area contributed by atoms with Crippen LogP contribution in [0.15, 0.2) is 24.5 Å². The second-order valence-electron chi connectivity index (χ2n) is 8.13. The van der Waals surface area contributed by atoms with Gasteiger partial charge in [-0.3, -0.25) is 9.59 Å². The van der Waals surface area contributed by atoms with Crippen molar-refractivity contribution >= 4 is 23.2 Å². The lowest BCUT2D eigenvalue weighted by atomic mass is 9.95. The van der Waals surface area contributed by atoms with Crippen molar-refractivity contribution in [3.8, 4) is 5.00 Å². The standard InChI is InChI=1S/C22H30N4O2S/c23-20(27)16-7-5-11-25(15-16)12-6-10-24-21(28)19-17-8-1-2-9-18(17)29-22(19)26-13-3-4-14-26/h3-4,13-14,16H,1-2,5-12,15H2,(H2,23,27)(H,24,28). The van der Waals surface area contributed by atoms with Crippen molar-refractivity contribution in [3.05, 3.63) is 40.5 Å². The van der Waals surface area contributed by atoms with Crippen LogP contribution in [-0.4, -0.2) is 47.5 Å². The highest BCUT2D eigenvalue weighted by Gasteiger charge is 2.26. The van der Waals surface area contributed by atoms with Crippen LogP contribution in [0.2, 0.25) is 0 Å². The molecule has 6 nitrogen and oxygen atoms in total. The highest BCUT2D eigenvalue weighted by atomic mass is 32.1. The molecule has 4 rings (SSSR count). The molecule has 0 aromatic carbocycles. The van der Waals surface area contributed by atoms with Gasteiger partial charge >= 0.3 is 0 Å². The molecule has 1 aliphatic heterocycles. The Hall–Kier alpha value is -2.12. The number of fused-ring (bicyclic) bond motifs is 1. The molecule has 1 saturated heterocycles. The monoisotopic (exact) mass is 414 g/mol. The first kappa shape index (κ1) is 20.2. The summed E-state index contributed by atoms with van der Waals surface area (Å²) in [5, 5.41) is 4.19. The second kappa shape index (κ2) is 9.13. The third-order valence-corrected chi connectivity index (χ3v) is 7.37. The molecule has 3 heterocycles. The zero-order valence-corrected chi connectivity index (χ0v) is 17.7. The Morgan fingerprint density at radius 3 is 2.76 bits per heavy atom. The van der Waals surface area contributed by atoms with Crippen LogP contribution in [0.4, 0.5) is 0 Å². The Morgan fingerprint density at radius 2 is 1.97 bits per heavy atom. The number of aryl methyl sites for hydroxylation is 1. The van der Waals surface area contributed by atoms with E-state index >= 15 is 0 Å². The number of carbonyl (C=O) groups excluding carboxylic acids is 2. The number of nitrogens with two attached hydrogens (primary N) is 1. The fraction of sp³-hybridized carbons (Fsp3) is 0.545. The number of nitrogens with zero attached hydrogens (tertiary/aromatic N) is 2. The minimum Gasteiger partial charge on any atom is -0.369 e. The van der Waals surface area contributed by atoms with E-state index in [0.717, 1.165) is 68.7 Å².